The van der Waals surface area contributed by atoms with E-state index >= 15 is 0 Å². The minimum absolute atomic E-state index is 0.159. The minimum atomic E-state index is -3.05. The zero-order chi connectivity index (χ0) is 10.9. The lowest BCUT2D eigenvalue weighted by Crippen LogP contribution is -2.31. The van der Waals surface area contributed by atoms with Gasteiger partial charge in [-0.25, -0.2) is 13.1 Å². The lowest BCUT2D eigenvalue weighted by Gasteiger charge is -2.05. The van der Waals surface area contributed by atoms with Crippen LogP contribution in [0, 0.1) is 0 Å². The number of nitrogens with one attached hydrogen (secondary N) is 2. The summed E-state index contributed by atoms with van der Waals surface area (Å²) in [6.07, 6.45) is 4.03. The van der Waals surface area contributed by atoms with E-state index in [1.54, 1.807) is 18.8 Å². The van der Waals surface area contributed by atoms with Crippen LogP contribution in [0.3, 0.4) is 0 Å². The van der Waals surface area contributed by atoms with E-state index in [9.17, 15) is 8.42 Å². The molecule has 0 aliphatic rings. The molecule has 0 bridgehead atoms. The lowest BCUT2D eigenvalue weighted by molar-refractivity contribution is 0.576. The van der Waals surface area contributed by atoms with Gasteiger partial charge in [-0.1, -0.05) is 0 Å². The first kappa shape index (κ1) is 14.2. The van der Waals surface area contributed by atoms with Crippen molar-refractivity contribution in [1.29, 1.82) is 0 Å². The lowest BCUT2D eigenvalue weighted by atomic mass is 10.3. The first-order valence-electron chi connectivity index (χ1n) is 4.73. The van der Waals surface area contributed by atoms with Gasteiger partial charge in [0, 0.05) is 13.1 Å². The quantitative estimate of drug-likeness (QED) is 0.568. The number of unbranched alkanes of at least 4 members (excludes halogenated alkanes) is 1. The third-order valence-electron chi connectivity index (χ3n) is 1.72. The third-order valence-corrected chi connectivity index (χ3v) is 3.80. The Labute approximate surface area is 91.3 Å². The van der Waals surface area contributed by atoms with Crippen molar-refractivity contribution in [2.24, 2.45) is 0 Å². The molecule has 0 heterocycles. The standard InChI is InChI=1S/C8H20N2O2S2/c1-9-6-8-14(11,12)10-5-3-4-7-13-2/h9-10H,3-8H2,1-2H3. The molecule has 0 rings (SSSR count). The monoisotopic (exact) mass is 240 g/mol. The van der Waals surface area contributed by atoms with Gasteiger partial charge < -0.3 is 5.32 Å². The maximum atomic E-state index is 11.3. The molecular weight excluding hydrogens is 220 g/mol. The molecule has 0 atom stereocenters. The van der Waals surface area contributed by atoms with Gasteiger partial charge >= 0.3 is 0 Å². The number of hydrogen-bond acceptors (Lipinski definition) is 4. The molecule has 0 amide bonds. The second-order valence-electron chi connectivity index (χ2n) is 3.02. The predicted octanol–water partition coefficient (Wildman–Crippen LogP) is 0.268. The molecule has 6 heteroatoms. The Hall–Kier alpha value is 0.220. The number of sulfonamides is 1. The molecule has 0 aromatic heterocycles. The SMILES string of the molecule is CNCCS(=O)(=O)NCCCCSC. The van der Waals surface area contributed by atoms with E-state index in [-0.39, 0.29) is 5.75 Å². The largest absolute Gasteiger partial charge is 0.319 e. The molecule has 86 valence electrons. The maximum Gasteiger partial charge on any atom is 0.212 e. The van der Waals surface area contributed by atoms with Crippen molar-refractivity contribution in [3.8, 4) is 0 Å². The molecular formula is C8H20N2O2S2. The topological polar surface area (TPSA) is 58.2 Å². The molecule has 0 aromatic carbocycles. The smallest absolute Gasteiger partial charge is 0.212 e. The highest BCUT2D eigenvalue weighted by atomic mass is 32.2. The van der Waals surface area contributed by atoms with Crippen molar-refractivity contribution >= 4 is 21.8 Å². The number of rotatable bonds is 9. The molecule has 0 fully saturated rings. The van der Waals surface area contributed by atoms with Gasteiger partial charge in [-0.2, -0.15) is 11.8 Å². The molecule has 0 aliphatic carbocycles. The van der Waals surface area contributed by atoms with Gasteiger partial charge in [0.15, 0.2) is 0 Å². The summed E-state index contributed by atoms with van der Waals surface area (Å²) in [6.45, 7) is 1.06. The molecule has 0 spiro atoms. The van der Waals surface area contributed by atoms with E-state index in [1.165, 1.54) is 0 Å². The fourth-order valence-corrected chi connectivity index (χ4v) is 2.47. The summed E-state index contributed by atoms with van der Waals surface area (Å²) in [7, 11) is -1.31. The van der Waals surface area contributed by atoms with Gasteiger partial charge in [0.2, 0.25) is 10.0 Å². The van der Waals surface area contributed by atoms with Crippen LogP contribution in [-0.2, 0) is 10.0 Å². The molecule has 0 radical (unpaired) electrons. The van der Waals surface area contributed by atoms with Crippen molar-refractivity contribution in [3.63, 3.8) is 0 Å². The second kappa shape index (κ2) is 8.52. The average molecular weight is 240 g/mol. The van der Waals surface area contributed by atoms with Gasteiger partial charge in [-0.15, -0.1) is 0 Å². The van der Waals surface area contributed by atoms with E-state index in [4.69, 9.17) is 0 Å². The van der Waals surface area contributed by atoms with Crippen LogP contribution in [0.1, 0.15) is 12.8 Å². The van der Waals surface area contributed by atoms with Crippen LogP contribution in [0.25, 0.3) is 0 Å². The first-order chi connectivity index (χ1) is 6.62. The number of thioether (sulfide) groups is 1. The maximum absolute atomic E-state index is 11.3. The summed E-state index contributed by atoms with van der Waals surface area (Å²) in [4.78, 5) is 0. The molecule has 0 aliphatic heterocycles. The van der Waals surface area contributed by atoms with E-state index in [1.807, 2.05) is 0 Å². The Morgan fingerprint density at radius 1 is 1.21 bits per heavy atom. The molecule has 14 heavy (non-hydrogen) atoms. The summed E-state index contributed by atoms with van der Waals surface area (Å²) in [6, 6.07) is 0. The molecule has 0 aromatic rings. The van der Waals surface area contributed by atoms with Gasteiger partial charge in [-0.05, 0) is 31.9 Å². The van der Waals surface area contributed by atoms with Crippen LogP contribution < -0.4 is 10.0 Å². The highest BCUT2D eigenvalue weighted by molar-refractivity contribution is 7.98. The summed E-state index contributed by atoms with van der Waals surface area (Å²) in [5.41, 5.74) is 0. The van der Waals surface area contributed by atoms with Crippen LogP contribution in [0.4, 0.5) is 0 Å². The Morgan fingerprint density at radius 3 is 2.50 bits per heavy atom. The summed E-state index contributed by atoms with van der Waals surface area (Å²) in [5.74, 6) is 1.25. The highest BCUT2D eigenvalue weighted by Gasteiger charge is 2.07. The Balaban J connectivity index is 3.46. The van der Waals surface area contributed by atoms with Gasteiger partial charge in [0.25, 0.3) is 0 Å². The zero-order valence-electron chi connectivity index (χ0n) is 8.88. The molecule has 2 N–H and O–H groups in total. The van der Waals surface area contributed by atoms with Crippen molar-refractivity contribution in [1.82, 2.24) is 10.0 Å². The molecule has 0 unspecified atom stereocenters. The van der Waals surface area contributed by atoms with Gasteiger partial charge in [-0.3, -0.25) is 0 Å². The Kier molecular flexibility index (Phi) is 8.66. The number of hydrogen-bond donors (Lipinski definition) is 2. The van der Waals surface area contributed by atoms with E-state index in [0.717, 1.165) is 18.6 Å². The fourth-order valence-electron chi connectivity index (χ4n) is 0.908. The molecule has 4 nitrogen and oxygen atoms in total. The van der Waals surface area contributed by atoms with Gasteiger partial charge in [0.05, 0.1) is 5.75 Å². The first-order valence-corrected chi connectivity index (χ1v) is 7.78. The predicted molar refractivity (Wildman–Crippen MR) is 63.3 cm³/mol. The normalized spacial score (nSPS) is 11.9. The third kappa shape index (κ3) is 8.80. The van der Waals surface area contributed by atoms with Crippen LogP contribution in [-0.4, -0.2) is 46.3 Å². The Morgan fingerprint density at radius 2 is 1.93 bits per heavy atom. The van der Waals surface area contributed by atoms with Crippen LogP contribution in [0.5, 0.6) is 0 Å². The van der Waals surface area contributed by atoms with Crippen molar-refractivity contribution in [2.45, 2.75) is 12.8 Å². The fraction of sp³-hybridized carbons (Fsp3) is 1.00. The highest BCUT2D eigenvalue weighted by Crippen LogP contribution is 1.98. The average Bonchev–Trinajstić information content (AvgIpc) is 2.15. The van der Waals surface area contributed by atoms with E-state index in [0.29, 0.717) is 13.1 Å². The van der Waals surface area contributed by atoms with Crippen LogP contribution in [0.15, 0.2) is 0 Å². The zero-order valence-corrected chi connectivity index (χ0v) is 10.5. The summed E-state index contributed by atoms with van der Waals surface area (Å²) >= 11 is 1.79. The van der Waals surface area contributed by atoms with Crippen molar-refractivity contribution < 1.29 is 8.42 Å². The van der Waals surface area contributed by atoms with E-state index < -0.39 is 10.0 Å². The van der Waals surface area contributed by atoms with Crippen LogP contribution in [0.2, 0.25) is 0 Å². The van der Waals surface area contributed by atoms with Crippen LogP contribution >= 0.6 is 11.8 Å². The summed E-state index contributed by atoms with van der Waals surface area (Å²) in [5, 5.41) is 2.81. The van der Waals surface area contributed by atoms with Gasteiger partial charge in [0.1, 0.15) is 0 Å². The Bertz CT molecular complexity index is 217. The van der Waals surface area contributed by atoms with Crippen molar-refractivity contribution in [2.75, 3.05) is 37.9 Å². The second-order valence-corrected chi connectivity index (χ2v) is 5.93. The van der Waals surface area contributed by atoms with Crippen molar-refractivity contribution in [3.05, 3.63) is 0 Å². The molecule has 0 saturated carbocycles. The molecule has 0 saturated heterocycles. The summed E-state index contributed by atoms with van der Waals surface area (Å²) < 4.78 is 25.1. The minimum Gasteiger partial charge on any atom is -0.319 e. The van der Waals surface area contributed by atoms with E-state index in [2.05, 4.69) is 16.3 Å².